The number of hydrogen-bond acceptors (Lipinski definition) is 5. The molecule has 30 heavy (non-hydrogen) atoms. The van der Waals surface area contributed by atoms with Crippen molar-refractivity contribution in [2.45, 2.75) is 52.0 Å². The molecule has 1 heterocycles. The summed E-state index contributed by atoms with van der Waals surface area (Å²) in [5, 5.41) is 11.4. The molecule has 1 N–H and O–H groups in total. The molecule has 0 spiro atoms. The van der Waals surface area contributed by atoms with Crippen molar-refractivity contribution in [1.82, 2.24) is 5.32 Å². The molecular formula is C24H29N3O3. The summed E-state index contributed by atoms with van der Waals surface area (Å²) in [6.07, 6.45) is 1.15. The maximum Gasteiger partial charge on any atom is 0.328 e. The third-order valence-corrected chi connectivity index (χ3v) is 5.43. The van der Waals surface area contributed by atoms with Crippen LogP contribution in [0.2, 0.25) is 0 Å². The average molecular weight is 408 g/mol. The molecule has 6 heteroatoms. The Hall–Kier alpha value is -3.02. The summed E-state index contributed by atoms with van der Waals surface area (Å²) in [6, 6.07) is 17.0. The van der Waals surface area contributed by atoms with Crippen molar-refractivity contribution < 1.29 is 14.3 Å². The second-order valence-electron chi connectivity index (χ2n) is 9.01. The van der Waals surface area contributed by atoms with Crippen molar-refractivity contribution in [2.75, 3.05) is 6.61 Å². The van der Waals surface area contributed by atoms with Gasteiger partial charge >= 0.3 is 5.97 Å². The van der Waals surface area contributed by atoms with E-state index in [0.29, 0.717) is 19.4 Å². The number of azo groups is 1. The predicted molar refractivity (Wildman–Crippen MR) is 116 cm³/mol. The molecule has 1 saturated heterocycles. The van der Waals surface area contributed by atoms with E-state index in [2.05, 4.69) is 29.4 Å². The van der Waals surface area contributed by atoms with Gasteiger partial charge in [0, 0.05) is 11.8 Å². The molecule has 1 fully saturated rings. The van der Waals surface area contributed by atoms with E-state index in [1.165, 1.54) is 0 Å². The van der Waals surface area contributed by atoms with E-state index in [1.54, 1.807) is 0 Å². The minimum Gasteiger partial charge on any atom is -0.464 e. The summed E-state index contributed by atoms with van der Waals surface area (Å²) in [5.74, 6) is -0.480. The molecule has 1 unspecified atom stereocenters. The fourth-order valence-electron chi connectivity index (χ4n) is 3.86. The zero-order valence-corrected chi connectivity index (χ0v) is 18.0. The van der Waals surface area contributed by atoms with Crippen molar-refractivity contribution in [3.05, 3.63) is 60.2 Å². The smallest absolute Gasteiger partial charge is 0.328 e. The van der Waals surface area contributed by atoms with Gasteiger partial charge in [0.1, 0.15) is 6.04 Å². The summed E-state index contributed by atoms with van der Waals surface area (Å²) in [5.41, 5.74) is 1.81. The van der Waals surface area contributed by atoms with E-state index in [1.807, 2.05) is 68.4 Å². The van der Waals surface area contributed by atoms with Crippen molar-refractivity contribution in [3.63, 3.8) is 0 Å². The first-order chi connectivity index (χ1) is 14.2. The number of benzene rings is 2. The van der Waals surface area contributed by atoms with E-state index in [0.717, 1.165) is 16.9 Å². The molecular weight excluding hydrogens is 378 g/mol. The quantitative estimate of drug-likeness (QED) is 0.504. The third-order valence-electron chi connectivity index (χ3n) is 5.43. The van der Waals surface area contributed by atoms with Crippen LogP contribution >= 0.6 is 0 Å². The lowest BCUT2D eigenvalue weighted by molar-refractivity contribution is -0.142. The van der Waals surface area contributed by atoms with Crippen molar-refractivity contribution >= 4 is 23.3 Å². The van der Waals surface area contributed by atoms with Crippen LogP contribution in [-0.2, 0) is 19.7 Å². The maximum atomic E-state index is 12.8. The fraction of sp³-hybridized carbons (Fsp3) is 0.417. The van der Waals surface area contributed by atoms with Crippen molar-refractivity contribution in [3.8, 4) is 0 Å². The van der Waals surface area contributed by atoms with Crippen molar-refractivity contribution in [1.29, 1.82) is 0 Å². The average Bonchev–Trinajstić information content (AvgIpc) is 3.11. The molecule has 1 amide bonds. The number of esters is 1. The third kappa shape index (κ3) is 5.32. The molecule has 0 bridgehead atoms. The summed E-state index contributed by atoms with van der Waals surface area (Å²) in [4.78, 5) is 24.5. The van der Waals surface area contributed by atoms with Gasteiger partial charge in [-0.15, -0.1) is 0 Å². The Balaban J connectivity index is 1.65. The van der Waals surface area contributed by atoms with E-state index in [-0.39, 0.29) is 17.3 Å². The number of nitrogens with zero attached hydrogens (tertiary/aromatic N) is 2. The van der Waals surface area contributed by atoms with Crippen LogP contribution in [0.25, 0.3) is 0 Å². The Labute approximate surface area is 177 Å². The maximum absolute atomic E-state index is 12.8. The van der Waals surface area contributed by atoms with Gasteiger partial charge < -0.3 is 10.1 Å². The summed E-state index contributed by atoms with van der Waals surface area (Å²) >= 11 is 0. The largest absolute Gasteiger partial charge is 0.464 e. The molecule has 1 atom stereocenters. The highest BCUT2D eigenvalue weighted by Gasteiger charge is 2.38. The lowest BCUT2D eigenvalue weighted by atomic mass is 9.71. The first-order valence-electron chi connectivity index (χ1n) is 10.2. The van der Waals surface area contributed by atoms with Gasteiger partial charge in [-0.3, -0.25) is 4.79 Å². The van der Waals surface area contributed by atoms with Crippen LogP contribution in [-0.4, -0.2) is 24.5 Å². The molecule has 0 aromatic heterocycles. The van der Waals surface area contributed by atoms with Gasteiger partial charge in [-0.25, -0.2) is 4.79 Å². The number of cyclic esters (lactones) is 1. The van der Waals surface area contributed by atoms with Gasteiger partial charge in [0.25, 0.3) is 0 Å². The Bertz CT molecular complexity index is 918. The van der Waals surface area contributed by atoms with Crippen LogP contribution in [0.1, 0.15) is 46.1 Å². The Kier molecular flexibility index (Phi) is 6.34. The van der Waals surface area contributed by atoms with Gasteiger partial charge in [0.15, 0.2) is 0 Å². The number of nitrogens with one attached hydrogen (secondary N) is 1. The lowest BCUT2D eigenvalue weighted by Gasteiger charge is -2.35. The standard InChI is InChI=1S/C24H29N3O3/c1-23(2,16-24(3,4)22(29)25-20-14-15-30-21(20)28)17-10-12-19(13-11-17)27-26-18-8-6-5-7-9-18/h5-13,20H,14-16H2,1-4H3,(H,25,29)/b27-26+. The molecule has 158 valence electrons. The summed E-state index contributed by atoms with van der Waals surface area (Å²) in [7, 11) is 0. The molecule has 6 nitrogen and oxygen atoms in total. The molecule has 2 aromatic rings. The van der Waals surface area contributed by atoms with E-state index >= 15 is 0 Å². The lowest BCUT2D eigenvalue weighted by Crippen LogP contribution is -2.46. The monoisotopic (exact) mass is 407 g/mol. The number of carbonyl (C=O) groups is 2. The van der Waals surface area contributed by atoms with Crippen LogP contribution in [0.5, 0.6) is 0 Å². The highest BCUT2D eigenvalue weighted by atomic mass is 16.5. The van der Waals surface area contributed by atoms with Gasteiger partial charge in [0.05, 0.1) is 18.0 Å². The first-order valence-corrected chi connectivity index (χ1v) is 10.2. The van der Waals surface area contributed by atoms with Crippen molar-refractivity contribution in [2.24, 2.45) is 15.6 Å². The van der Waals surface area contributed by atoms with Gasteiger partial charge in [-0.05, 0) is 41.7 Å². The Morgan fingerprint density at radius 2 is 1.60 bits per heavy atom. The highest BCUT2D eigenvalue weighted by Crippen LogP contribution is 2.37. The topological polar surface area (TPSA) is 80.1 Å². The minimum absolute atomic E-state index is 0.132. The molecule has 1 aliphatic rings. The van der Waals surface area contributed by atoms with E-state index in [9.17, 15) is 9.59 Å². The number of carbonyl (C=O) groups excluding carboxylic acids is 2. The second kappa shape index (κ2) is 8.78. The Morgan fingerprint density at radius 1 is 1.00 bits per heavy atom. The summed E-state index contributed by atoms with van der Waals surface area (Å²) < 4.78 is 4.94. The minimum atomic E-state index is -0.641. The fourth-order valence-corrected chi connectivity index (χ4v) is 3.86. The number of ether oxygens (including phenoxy) is 1. The normalized spacial score (nSPS) is 17.2. The summed E-state index contributed by atoms with van der Waals surface area (Å²) in [6.45, 7) is 8.42. The van der Waals surface area contributed by atoms with Gasteiger partial charge in [0.2, 0.25) is 5.91 Å². The number of amides is 1. The molecule has 3 rings (SSSR count). The molecule has 2 aromatic carbocycles. The SMILES string of the molecule is CC(C)(CC(C)(C)c1ccc(/N=N/c2ccccc2)cc1)C(=O)NC1CCOC1=O. The second-order valence-corrected chi connectivity index (χ2v) is 9.01. The predicted octanol–water partition coefficient (Wildman–Crippen LogP) is 5.23. The number of rotatable bonds is 7. The number of hydrogen-bond donors (Lipinski definition) is 1. The zero-order valence-electron chi connectivity index (χ0n) is 18.0. The van der Waals surface area contributed by atoms with Crippen LogP contribution in [0.3, 0.4) is 0 Å². The van der Waals surface area contributed by atoms with Crippen LogP contribution in [0.4, 0.5) is 11.4 Å². The van der Waals surface area contributed by atoms with Gasteiger partial charge in [-0.2, -0.15) is 10.2 Å². The molecule has 0 saturated carbocycles. The van der Waals surface area contributed by atoms with E-state index < -0.39 is 11.5 Å². The van der Waals surface area contributed by atoms with Crippen LogP contribution in [0, 0.1) is 5.41 Å². The molecule has 0 radical (unpaired) electrons. The first kappa shape index (κ1) is 21.7. The highest BCUT2D eigenvalue weighted by molar-refractivity contribution is 5.88. The van der Waals surface area contributed by atoms with Crippen LogP contribution in [0.15, 0.2) is 64.8 Å². The zero-order chi connectivity index (χ0) is 21.8. The van der Waals surface area contributed by atoms with Gasteiger partial charge in [-0.1, -0.05) is 58.0 Å². The molecule has 1 aliphatic heterocycles. The van der Waals surface area contributed by atoms with E-state index in [4.69, 9.17) is 4.74 Å². The molecule has 0 aliphatic carbocycles. The van der Waals surface area contributed by atoms with Crippen LogP contribution < -0.4 is 5.32 Å². The Morgan fingerprint density at radius 3 is 2.17 bits per heavy atom.